The van der Waals surface area contributed by atoms with Crippen molar-refractivity contribution < 1.29 is 27.5 Å². The van der Waals surface area contributed by atoms with Gasteiger partial charge >= 0.3 is 6.18 Å². The van der Waals surface area contributed by atoms with Crippen molar-refractivity contribution in [3.63, 3.8) is 0 Å². The largest absolute Gasteiger partial charge is 0.543 e. The maximum Gasteiger partial charge on any atom is 0.410 e. The number of halogens is 4. The van der Waals surface area contributed by atoms with E-state index in [0.29, 0.717) is 10.2 Å². The maximum absolute atomic E-state index is 13.3. The molecule has 23 heavy (non-hydrogen) atoms. The van der Waals surface area contributed by atoms with E-state index >= 15 is 0 Å². The van der Waals surface area contributed by atoms with Gasteiger partial charge in [-0.25, -0.2) is 9.07 Å². The van der Waals surface area contributed by atoms with E-state index in [1.165, 1.54) is 12.1 Å². The second kappa shape index (κ2) is 5.25. The number of hydrogen-bond acceptors (Lipinski definition) is 4. The van der Waals surface area contributed by atoms with Gasteiger partial charge in [-0.1, -0.05) is 12.1 Å². The first-order valence-electron chi connectivity index (χ1n) is 6.65. The first-order chi connectivity index (χ1) is 10.8. The van der Waals surface area contributed by atoms with Crippen LogP contribution in [0.5, 0.6) is 0 Å². The molecule has 1 aliphatic rings. The van der Waals surface area contributed by atoms with E-state index in [2.05, 4.69) is 10.4 Å². The van der Waals surface area contributed by atoms with Crippen molar-refractivity contribution in [2.45, 2.75) is 24.7 Å². The number of hydrogen-bond donors (Lipinski definition) is 1. The number of rotatable bonds is 2. The molecule has 0 spiro atoms. The maximum atomic E-state index is 13.3. The van der Waals surface area contributed by atoms with Gasteiger partial charge in [0.2, 0.25) is 0 Å². The first kappa shape index (κ1) is 15.3. The number of carbonyl (C=O) groups excluding carboxylic acids is 1. The van der Waals surface area contributed by atoms with Crippen LogP contribution in [0.4, 0.5) is 23.4 Å². The Morgan fingerprint density at radius 2 is 1.96 bits per heavy atom. The number of carbonyl (C=O) groups is 1. The van der Waals surface area contributed by atoms with Gasteiger partial charge in [-0.3, -0.25) is 0 Å². The fraction of sp³-hybridized carbons (Fsp3) is 0.286. The molecule has 0 fully saturated rings. The van der Waals surface area contributed by atoms with Gasteiger partial charge in [-0.15, -0.1) is 0 Å². The molecule has 5 nitrogen and oxygen atoms in total. The van der Waals surface area contributed by atoms with E-state index in [1.54, 1.807) is 0 Å². The van der Waals surface area contributed by atoms with E-state index in [-0.39, 0.29) is 5.82 Å². The molecule has 1 aromatic heterocycles. The zero-order chi connectivity index (χ0) is 16.8. The number of nitrogens with zero attached hydrogens (tertiary/aromatic N) is 2. The molecular weight excluding hydrogens is 318 g/mol. The van der Waals surface area contributed by atoms with Crippen LogP contribution in [0.15, 0.2) is 30.3 Å². The minimum atomic E-state index is -4.61. The Balaban J connectivity index is 2.01. The molecule has 9 heteroatoms. The third-order valence-corrected chi connectivity index (χ3v) is 3.67. The number of benzene rings is 1. The van der Waals surface area contributed by atoms with Crippen molar-refractivity contribution in [1.82, 2.24) is 9.78 Å². The van der Waals surface area contributed by atoms with Crippen molar-refractivity contribution in [1.29, 1.82) is 0 Å². The summed E-state index contributed by atoms with van der Waals surface area (Å²) in [4.78, 5) is 10.8. The first-order valence-corrected chi connectivity index (χ1v) is 6.65. The predicted molar refractivity (Wildman–Crippen MR) is 69.0 cm³/mol. The number of carboxylic acids is 1. The molecule has 2 unspecified atom stereocenters. The normalized spacial score (nSPS) is 20.7. The van der Waals surface area contributed by atoms with Gasteiger partial charge in [-0.2, -0.15) is 18.3 Å². The molecule has 2 aromatic rings. The molecule has 0 radical (unpaired) electrons. The Bertz CT molecular complexity index is 739. The van der Waals surface area contributed by atoms with E-state index in [1.807, 2.05) is 0 Å². The summed E-state index contributed by atoms with van der Waals surface area (Å²) in [6.07, 6.45) is -5.00. The number of aromatic carboxylic acids is 1. The summed E-state index contributed by atoms with van der Waals surface area (Å²) in [5.41, 5.74) is -0.121. The van der Waals surface area contributed by atoms with Gasteiger partial charge in [0.05, 0.1) is 12.0 Å². The molecule has 122 valence electrons. The number of fused-ring (bicyclic) bond motifs is 1. The van der Waals surface area contributed by atoms with E-state index < -0.39 is 42.2 Å². The van der Waals surface area contributed by atoms with Gasteiger partial charge < -0.3 is 15.2 Å². The second-order valence-electron chi connectivity index (χ2n) is 5.19. The van der Waals surface area contributed by atoms with Crippen molar-refractivity contribution in [3.05, 3.63) is 47.4 Å². The number of alkyl halides is 3. The fourth-order valence-corrected chi connectivity index (χ4v) is 2.59. The monoisotopic (exact) mass is 328 g/mol. The summed E-state index contributed by atoms with van der Waals surface area (Å²) in [7, 11) is 0. The van der Waals surface area contributed by atoms with Crippen molar-refractivity contribution in [2.24, 2.45) is 0 Å². The lowest BCUT2D eigenvalue weighted by Crippen LogP contribution is -2.35. The third-order valence-electron chi connectivity index (χ3n) is 3.67. The van der Waals surface area contributed by atoms with E-state index in [0.717, 1.165) is 18.2 Å². The van der Waals surface area contributed by atoms with Crippen LogP contribution in [0.1, 0.15) is 34.6 Å². The Kier molecular flexibility index (Phi) is 3.50. The Labute approximate surface area is 127 Å². The summed E-state index contributed by atoms with van der Waals surface area (Å²) in [6.45, 7) is 0. The van der Waals surface area contributed by atoms with E-state index in [4.69, 9.17) is 0 Å². The highest BCUT2D eigenvalue weighted by molar-refractivity contribution is 5.84. The van der Waals surface area contributed by atoms with Gasteiger partial charge in [0, 0.05) is 12.5 Å². The molecule has 0 saturated heterocycles. The average Bonchev–Trinajstić information content (AvgIpc) is 2.90. The van der Waals surface area contributed by atoms with Crippen LogP contribution >= 0.6 is 0 Å². The molecule has 3 rings (SSSR count). The van der Waals surface area contributed by atoms with Crippen LogP contribution in [0.25, 0.3) is 0 Å². The highest BCUT2D eigenvalue weighted by Crippen LogP contribution is 2.43. The van der Waals surface area contributed by atoms with Crippen molar-refractivity contribution in [3.8, 4) is 0 Å². The SMILES string of the molecule is O=C([O-])c1cc2n(n1)C(C(F)(F)F)CC(c1ccc(F)cc1)N2. The molecular formula is C14H10F4N3O2-. The topological polar surface area (TPSA) is 70.0 Å². The average molecular weight is 328 g/mol. The minimum Gasteiger partial charge on any atom is -0.543 e. The molecule has 0 amide bonds. The fourth-order valence-electron chi connectivity index (χ4n) is 2.59. The zero-order valence-electron chi connectivity index (χ0n) is 11.5. The number of carboxylic acid groups (broad SMARTS) is 1. The molecule has 2 atom stereocenters. The molecule has 0 aliphatic carbocycles. The van der Waals surface area contributed by atoms with Crippen LogP contribution in [0.2, 0.25) is 0 Å². The molecule has 0 bridgehead atoms. The Morgan fingerprint density at radius 3 is 2.52 bits per heavy atom. The summed E-state index contributed by atoms with van der Waals surface area (Å²) >= 11 is 0. The second-order valence-corrected chi connectivity index (χ2v) is 5.19. The van der Waals surface area contributed by atoms with Crippen LogP contribution in [0, 0.1) is 5.82 Å². The molecule has 0 saturated carbocycles. The lowest BCUT2D eigenvalue weighted by molar-refractivity contribution is -0.255. The van der Waals surface area contributed by atoms with Crippen LogP contribution in [-0.2, 0) is 0 Å². The smallest absolute Gasteiger partial charge is 0.410 e. The van der Waals surface area contributed by atoms with Crippen molar-refractivity contribution >= 4 is 11.8 Å². The third kappa shape index (κ3) is 2.86. The highest BCUT2D eigenvalue weighted by Gasteiger charge is 2.46. The van der Waals surface area contributed by atoms with Crippen LogP contribution in [-0.4, -0.2) is 21.9 Å². The van der Waals surface area contributed by atoms with Crippen molar-refractivity contribution in [2.75, 3.05) is 5.32 Å². The highest BCUT2D eigenvalue weighted by atomic mass is 19.4. The zero-order valence-corrected chi connectivity index (χ0v) is 11.5. The van der Waals surface area contributed by atoms with E-state index in [9.17, 15) is 27.5 Å². The van der Waals surface area contributed by atoms with Crippen LogP contribution < -0.4 is 10.4 Å². The van der Waals surface area contributed by atoms with Gasteiger partial charge in [0.1, 0.15) is 17.3 Å². The molecule has 1 aromatic carbocycles. The molecule has 2 heterocycles. The number of anilines is 1. The predicted octanol–water partition coefficient (Wildman–Crippen LogP) is 2.05. The summed E-state index contributed by atoms with van der Waals surface area (Å²) in [5, 5.41) is 17.1. The number of aromatic nitrogens is 2. The molecule has 1 N–H and O–H groups in total. The summed E-state index contributed by atoms with van der Waals surface area (Å²) in [5.74, 6) is -2.23. The summed E-state index contributed by atoms with van der Waals surface area (Å²) in [6, 6.07) is 3.32. The quantitative estimate of drug-likeness (QED) is 0.857. The Morgan fingerprint density at radius 1 is 1.30 bits per heavy atom. The van der Waals surface area contributed by atoms with Gasteiger partial charge in [-0.05, 0) is 17.7 Å². The van der Waals surface area contributed by atoms with Gasteiger partial charge in [0.25, 0.3) is 0 Å². The number of nitrogens with one attached hydrogen (secondary N) is 1. The standard InChI is InChI=1S/C14H11F4N3O2/c15-8-3-1-7(2-4-8)9-5-11(14(16,17)18)21-12(19-9)6-10(20-21)13(22)23/h1-4,6,9,11,19H,5H2,(H,22,23)/p-1. The lowest BCUT2D eigenvalue weighted by atomic mass is 9.97. The lowest BCUT2D eigenvalue weighted by Gasteiger charge is -2.33. The Hall–Kier alpha value is -2.58. The van der Waals surface area contributed by atoms with Crippen LogP contribution in [0.3, 0.4) is 0 Å². The molecule has 1 aliphatic heterocycles. The summed E-state index contributed by atoms with van der Waals surface area (Å²) < 4.78 is 53.4. The minimum absolute atomic E-state index is 0.0768. The van der Waals surface area contributed by atoms with Gasteiger partial charge in [0.15, 0.2) is 6.04 Å².